The molecule has 0 radical (unpaired) electrons. The molecule has 8 N–H and O–H groups in total. The first-order valence-electron chi connectivity index (χ1n) is 16.2. The monoisotopic (exact) mass is 800 g/mol. The molecule has 19 nitrogen and oxygen atoms in total. The highest BCUT2D eigenvalue weighted by molar-refractivity contribution is 8.08. The van der Waals surface area contributed by atoms with E-state index in [0.29, 0.717) is 22.3 Å². The molecule has 0 amide bonds. The van der Waals surface area contributed by atoms with Crippen LogP contribution in [0.15, 0.2) is 25.3 Å². The van der Waals surface area contributed by atoms with E-state index in [-0.39, 0.29) is 35.8 Å². The molecule has 0 aromatic carbocycles. The minimum atomic E-state index is -3.77. The van der Waals surface area contributed by atoms with Gasteiger partial charge >= 0.3 is 0 Å². The Morgan fingerprint density at radius 1 is 0.824 bits per heavy atom. The molecule has 4 aromatic heterocycles. The van der Waals surface area contributed by atoms with Gasteiger partial charge in [0.2, 0.25) is 0 Å². The third kappa shape index (κ3) is 7.01. The lowest BCUT2D eigenvalue weighted by Gasteiger charge is -2.41. The average Bonchev–Trinajstić information content (AvgIpc) is 3.80. The molecule has 10 atom stereocenters. The van der Waals surface area contributed by atoms with E-state index >= 15 is 0 Å². The van der Waals surface area contributed by atoms with E-state index in [9.17, 15) is 9.79 Å². The van der Waals surface area contributed by atoms with Gasteiger partial charge in [0.25, 0.3) is 13.3 Å². The number of nitrogens with one attached hydrogen (secondary N) is 2. The third-order valence-electron chi connectivity index (χ3n) is 10.1. The molecule has 0 spiro atoms. The molecule has 7 heterocycles. The summed E-state index contributed by atoms with van der Waals surface area (Å²) < 4.78 is 35.8. The van der Waals surface area contributed by atoms with Crippen LogP contribution in [0.3, 0.4) is 0 Å². The first-order chi connectivity index (χ1) is 23.9. The second-order valence-electron chi connectivity index (χ2n) is 14.4. The highest BCUT2D eigenvalue weighted by atomic mass is 32.5. The Bertz CT molecular complexity index is 2050. The number of imidazole rings is 2. The van der Waals surface area contributed by atoms with Crippen LogP contribution >= 0.6 is 13.3 Å². The van der Waals surface area contributed by atoms with Crippen LogP contribution in [0.5, 0.6) is 0 Å². The highest BCUT2D eigenvalue weighted by Gasteiger charge is 2.54. The molecule has 7 rings (SSSR count). The topological polar surface area (TPSA) is 250 Å². The van der Waals surface area contributed by atoms with Gasteiger partial charge in [-0.2, -0.15) is 0 Å². The fraction of sp³-hybridized carbons (Fsp3) is 0.630. The minimum Gasteiger partial charge on any atom is -0.408 e. The molecular weight excluding hydrogens is 759 g/mol. The Kier molecular flexibility index (Phi) is 9.70. The minimum absolute atomic E-state index is 0.157. The number of fused-ring (bicyclic) bond motifs is 4. The van der Waals surface area contributed by atoms with Crippen LogP contribution in [0.1, 0.15) is 40.2 Å². The molecule has 4 aromatic rings. The van der Waals surface area contributed by atoms with Crippen molar-refractivity contribution in [3.05, 3.63) is 25.3 Å². The molecule has 24 heteroatoms. The first kappa shape index (κ1) is 37.2. The Morgan fingerprint density at radius 3 is 1.82 bits per heavy atom. The van der Waals surface area contributed by atoms with Crippen molar-refractivity contribution in [1.29, 1.82) is 0 Å². The number of nitrogen functional groups attached to an aromatic ring is 2. The summed E-state index contributed by atoms with van der Waals surface area (Å²) in [6, 6.07) is -1.39. The predicted octanol–water partition coefficient (Wildman–Crippen LogP) is 2.05. The Hall–Kier alpha value is -2.14. The quantitative estimate of drug-likeness (QED) is 0.128. The van der Waals surface area contributed by atoms with Gasteiger partial charge in [-0.15, -0.1) is 0 Å². The van der Waals surface area contributed by atoms with Crippen molar-refractivity contribution >= 4 is 79.2 Å². The van der Waals surface area contributed by atoms with Gasteiger partial charge in [0.05, 0.1) is 38.0 Å². The molecule has 3 aliphatic rings. The lowest BCUT2D eigenvalue weighted by Crippen LogP contribution is -2.53. The van der Waals surface area contributed by atoms with Crippen molar-refractivity contribution in [2.75, 3.05) is 24.7 Å². The molecule has 0 saturated carbocycles. The second-order valence-corrected chi connectivity index (χ2v) is 25.3. The summed E-state index contributed by atoms with van der Waals surface area (Å²) in [4.78, 5) is 49.0. The van der Waals surface area contributed by atoms with Crippen LogP contribution in [-0.2, 0) is 46.6 Å². The number of aromatic nitrogens is 8. The van der Waals surface area contributed by atoms with Gasteiger partial charge < -0.3 is 44.2 Å². The van der Waals surface area contributed by atoms with Crippen molar-refractivity contribution in [3.63, 3.8) is 0 Å². The fourth-order valence-electron chi connectivity index (χ4n) is 6.38. The van der Waals surface area contributed by atoms with E-state index in [1.54, 1.807) is 21.8 Å². The number of hydrogen-bond acceptors (Lipinski definition) is 15. The molecular formula is C27H42N12O7P2S2Si. The Balaban J connectivity index is 1.23. The number of nitrogens with zero attached hydrogens (tertiary/aromatic N) is 8. The normalized spacial score (nSPS) is 35.4. The summed E-state index contributed by atoms with van der Waals surface area (Å²) in [6.07, 6.45) is 2.02. The molecule has 3 saturated heterocycles. The summed E-state index contributed by atoms with van der Waals surface area (Å²) >= 11 is 11.4. The molecule has 0 bridgehead atoms. The first-order valence-corrected chi connectivity index (χ1v) is 24.5. The average molecular weight is 801 g/mol. The van der Waals surface area contributed by atoms with Crippen molar-refractivity contribution in [3.8, 4) is 0 Å². The van der Waals surface area contributed by atoms with Gasteiger partial charge in [0, 0.05) is 5.92 Å². The maximum Gasteiger partial charge on any atom is 0.259 e. The third-order valence-corrected chi connectivity index (χ3v) is 18.1. The summed E-state index contributed by atoms with van der Waals surface area (Å²) in [6.45, 7) is 4.68. The van der Waals surface area contributed by atoms with E-state index in [4.69, 9.17) is 58.0 Å². The van der Waals surface area contributed by atoms with Crippen LogP contribution in [0.2, 0.25) is 18.1 Å². The molecule has 278 valence electrons. The zero-order chi connectivity index (χ0) is 36.7. The fourth-order valence-corrected chi connectivity index (χ4v) is 11.1. The second kappa shape index (κ2) is 13.3. The number of hydrogen-bond donors (Lipinski definition) is 6. The lowest BCUT2D eigenvalue weighted by atomic mass is 10.00. The molecule has 3 fully saturated rings. The van der Waals surface area contributed by atoms with Gasteiger partial charge in [0.15, 0.2) is 37.5 Å². The van der Waals surface area contributed by atoms with Crippen LogP contribution < -0.4 is 21.6 Å². The Morgan fingerprint density at radius 2 is 1.29 bits per heavy atom. The Labute approximate surface area is 304 Å². The number of rotatable bonds is 4. The summed E-state index contributed by atoms with van der Waals surface area (Å²) in [7, 11) is -2.52. The van der Waals surface area contributed by atoms with E-state index in [0.717, 1.165) is 0 Å². The van der Waals surface area contributed by atoms with Crippen molar-refractivity contribution in [2.45, 2.75) is 88.7 Å². The number of nitrogens with two attached hydrogens (primary N) is 2. The molecule has 3 aliphatic heterocycles. The van der Waals surface area contributed by atoms with Gasteiger partial charge in [-0.25, -0.2) is 40.1 Å². The van der Waals surface area contributed by atoms with Crippen molar-refractivity contribution in [1.82, 2.24) is 49.2 Å². The summed E-state index contributed by atoms with van der Waals surface area (Å²) in [5.41, 5.74) is 13.9. The van der Waals surface area contributed by atoms with E-state index in [1.807, 2.05) is 6.92 Å². The van der Waals surface area contributed by atoms with Crippen LogP contribution in [-0.4, -0.2) is 101 Å². The number of ether oxygens (including phenoxy) is 2. The van der Waals surface area contributed by atoms with Gasteiger partial charge in [-0.1, -0.05) is 27.7 Å². The van der Waals surface area contributed by atoms with Crippen LogP contribution in [0.4, 0.5) is 11.6 Å². The van der Waals surface area contributed by atoms with Crippen LogP contribution in [0.25, 0.3) is 22.3 Å². The molecule has 2 unspecified atom stereocenters. The SMILES string of the molecule is C[C@@H]1[C@@H]2NP(O)(=S)OC[C@H]3O[C@@H](n4cnc5c(N)ncnc54)[C@H](O[Si](C)(C)C(C)(C)C)[C@@H]3NP(O)(=S)OC[C@H]2O[C@H]1n1cnc2c(N)ncnc21. The zero-order valence-corrected chi connectivity index (χ0v) is 33.1. The molecule has 51 heavy (non-hydrogen) atoms. The van der Waals surface area contributed by atoms with E-state index in [1.165, 1.54) is 12.7 Å². The maximum atomic E-state index is 11.7. The van der Waals surface area contributed by atoms with Gasteiger partial charge in [0.1, 0.15) is 48.2 Å². The summed E-state index contributed by atoms with van der Waals surface area (Å²) in [5.74, 6) is 0.109. The van der Waals surface area contributed by atoms with Gasteiger partial charge in [-0.05, 0) is 41.7 Å². The van der Waals surface area contributed by atoms with E-state index < -0.39 is 64.5 Å². The highest BCUT2D eigenvalue weighted by Crippen LogP contribution is 2.50. The number of anilines is 2. The lowest BCUT2D eigenvalue weighted by molar-refractivity contribution is -0.0437. The molecule has 0 aliphatic carbocycles. The van der Waals surface area contributed by atoms with Crippen molar-refractivity contribution in [2.24, 2.45) is 5.92 Å². The van der Waals surface area contributed by atoms with Crippen molar-refractivity contribution < 1.29 is 32.7 Å². The van der Waals surface area contributed by atoms with E-state index in [2.05, 4.69) is 73.9 Å². The zero-order valence-electron chi connectivity index (χ0n) is 28.7. The maximum absolute atomic E-state index is 11.7. The standard InChI is InChI=1S/C27H42N12O7P2S2Si/c1-13-16-14(44-25(13)38-11-34-18-21(28)30-9-32-23(18)38)7-42-48(41,50)37-17-15(8-43-47(40,49)36-16)45-26(20(17)46-51(5,6)27(2,3)4)39-12-35-19-22(29)31-10-33-24(19)39/h9-17,20,25-26H,7-8H2,1-6H3,(H2,28,30,32)(H2,29,31,33)(H2,36,40,49)(H2,37,41,50)/t13-,14-,15-,16+,17-,20-,25-,26-,47?,48?/m1/s1. The van der Waals surface area contributed by atoms with Gasteiger partial charge in [-0.3, -0.25) is 9.13 Å². The summed E-state index contributed by atoms with van der Waals surface area (Å²) in [5, 5.41) is 6.10. The van der Waals surface area contributed by atoms with Crippen LogP contribution in [0, 0.1) is 5.92 Å². The predicted molar refractivity (Wildman–Crippen MR) is 197 cm³/mol. The smallest absolute Gasteiger partial charge is 0.259 e. The largest absolute Gasteiger partial charge is 0.408 e.